The molecule has 0 aromatic rings. The second-order valence-corrected chi connectivity index (χ2v) is 12.0. The van der Waals surface area contributed by atoms with Crippen molar-refractivity contribution in [2.75, 3.05) is 19.0 Å². The molecular weight excluding hydrogens is 283 g/mol. The lowest BCUT2D eigenvalue weighted by Crippen LogP contribution is -2.09. The quantitative estimate of drug-likeness (QED) is 0.384. The summed E-state index contributed by atoms with van der Waals surface area (Å²) in [5, 5.41) is 0. The molecule has 0 rings (SSSR count). The average Bonchev–Trinajstić information content (AvgIpc) is 2.27. The lowest BCUT2D eigenvalue weighted by molar-refractivity contribution is 0.253. The van der Waals surface area contributed by atoms with Crippen LogP contribution < -0.4 is 0 Å². The van der Waals surface area contributed by atoms with Gasteiger partial charge in [-0.1, -0.05) is 58.8 Å². The molecule has 5 heteroatoms. The highest BCUT2D eigenvalue weighted by Gasteiger charge is 2.23. The molecule has 0 amide bonds. The molecule has 0 unspecified atom stereocenters. The number of rotatable bonds is 10. The molecule has 0 atom stereocenters. The van der Waals surface area contributed by atoms with Crippen molar-refractivity contribution in [3.63, 3.8) is 0 Å². The molecule has 0 spiro atoms. The molecule has 0 radical (unpaired) electrons. The maximum absolute atomic E-state index is 5.88. The lowest BCUT2D eigenvalue weighted by atomic mass is 10.0. The van der Waals surface area contributed by atoms with Crippen LogP contribution in [0, 0.1) is 5.41 Å². The van der Waals surface area contributed by atoms with Gasteiger partial charge in [0.1, 0.15) is 0 Å². The van der Waals surface area contributed by atoms with E-state index in [-0.39, 0.29) is 5.41 Å². The Kier molecular flexibility index (Phi) is 10.3. The van der Waals surface area contributed by atoms with Crippen molar-refractivity contribution in [3.05, 3.63) is 0 Å². The van der Waals surface area contributed by atoms with E-state index in [0.29, 0.717) is 0 Å². The van der Waals surface area contributed by atoms with Crippen LogP contribution in [0.25, 0.3) is 0 Å². The van der Waals surface area contributed by atoms with Gasteiger partial charge in [0.25, 0.3) is 0 Å². The van der Waals surface area contributed by atoms with Crippen LogP contribution in [0.5, 0.6) is 0 Å². The molecule has 0 fully saturated rings. The first-order valence-corrected chi connectivity index (χ1v) is 11.1. The average molecular weight is 312 g/mol. The van der Waals surface area contributed by atoms with Gasteiger partial charge in [0.15, 0.2) is 0 Å². The van der Waals surface area contributed by atoms with E-state index in [2.05, 4.69) is 34.6 Å². The molecule has 0 saturated carbocycles. The zero-order chi connectivity index (χ0) is 14.1. The van der Waals surface area contributed by atoms with E-state index in [1.165, 1.54) is 0 Å². The maximum atomic E-state index is 5.88. The van der Waals surface area contributed by atoms with Gasteiger partial charge in [0, 0.05) is 5.75 Å². The minimum Gasteiger partial charge on any atom is -0.322 e. The van der Waals surface area contributed by atoms with Crippen molar-refractivity contribution in [2.45, 2.75) is 60.3 Å². The zero-order valence-corrected chi connectivity index (χ0v) is 15.1. The molecule has 0 aromatic carbocycles. The van der Waals surface area contributed by atoms with Crippen LogP contribution in [0.2, 0.25) is 0 Å². The zero-order valence-electron chi connectivity index (χ0n) is 12.5. The Bertz CT molecular complexity index is 238. The molecule has 110 valence electrons. The van der Waals surface area contributed by atoms with Gasteiger partial charge in [0.05, 0.1) is 13.2 Å². The predicted octanol–water partition coefficient (Wildman–Crippen LogP) is 5.62. The highest BCUT2D eigenvalue weighted by atomic mass is 32.9. The summed E-state index contributed by atoms with van der Waals surface area (Å²) in [6, 6.07) is 0. The Morgan fingerprint density at radius 3 is 1.78 bits per heavy atom. The van der Waals surface area contributed by atoms with Crippen LogP contribution in [-0.2, 0) is 20.9 Å². The van der Waals surface area contributed by atoms with Crippen LogP contribution in [0.3, 0.4) is 0 Å². The van der Waals surface area contributed by atoms with Crippen LogP contribution >= 0.6 is 17.1 Å². The fraction of sp³-hybridized carbons (Fsp3) is 1.00. The fourth-order valence-electron chi connectivity index (χ4n) is 1.03. The summed E-state index contributed by atoms with van der Waals surface area (Å²) < 4.78 is 11.8. The predicted molar refractivity (Wildman–Crippen MR) is 87.9 cm³/mol. The van der Waals surface area contributed by atoms with Crippen LogP contribution in [-0.4, -0.2) is 19.0 Å². The summed E-state index contributed by atoms with van der Waals surface area (Å²) in [6.07, 6.45) is 4.39. The van der Waals surface area contributed by atoms with Crippen molar-refractivity contribution in [1.29, 1.82) is 0 Å². The van der Waals surface area contributed by atoms with Crippen LogP contribution in [0.15, 0.2) is 0 Å². The molecule has 0 aliphatic rings. The van der Waals surface area contributed by atoms with E-state index >= 15 is 0 Å². The molecule has 0 aliphatic heterocycles. The van der Waals surface area contributed by atoms with Crippen molar-refractivity contribution >= 4 is 28.9 Å². The van der Waals surface area contributed by atoms with E-state index in [4.69, 9.17) is 20.9 Å². The van der Waals surface area contributed by atoms with Gasteiger partial charge in [-0.15, -0.1) is 0 Å². The fourth-order valence-corrected chi connectivity index (χ4v) is 5.95. The molecule has 0 bridgehead atoms. The first kappa shape index (κ1) is 18.9. The van der Waals surface area contributed by atoms with E-state index < -0.39 is 5.69 Å². The Morgan fingerprint density at radius 2 is 1.44 bits per heavy atom. The second kappa shape index (κ2) is 9.77. The van der Waals surface area contributed by atoms with Gasteiger partial charge in [-0.05, 0) is 30.1 Å². The standard InChI is InChI=1S/C13H29O2PS2/c1-6-8-10-14-16(17,15-11-9-7-2)18-12-13(3,4)5/h6-12H2,1-5H3. The van der Waals surface area contributed by atoms with Gasteiger partial charge in [-0.2, -0.15) is 0 Å². The second-order valence-electron chi connectivity index (χ2n) is 5.65. The van der Waals surface area contributed by atoms with Gasteiger partial charge in [-0.25, -0.2) is 0 Å². The number of hydrogen-bond donors (Lipinski definition) is 0. The SMILES string of the molecule is CCCCOP(=S)(OCCCC)SCC(C)(C)C. The third-order valence-corrected chi connectivity index (χ3v) is 8.01. The molecular formula is C13H29O2PS2. The van der Waals surface area contributed by atoms with Crippen LogP contribution in [0.4, 0.5) is 0 Å². The van der Waals surface area contributed by atoms with E-state index in [9.17, 15) is 0 Å². The Morgan fingerprint density at radius 1 is 1.00 bits per heavy atom. The summed E-state index contributed by atoms with van der Waals surface area (Å²) in [4.78, 5) is 0. The maximum Gasteiger partial charge on any atom is 0.247 e. The molecule has 0 N–H and O–H groups in total. The topological polar surface area (TPSA) is 18.5 Å². The minimum absolute atomic E-state index is 0.261. The minimum atomic E-state index is -2.13. The van der Waals surface area contributed by atoms with Gasteiger partial charge in [0.2, 0.25) is 5.69 Å². The molecule has 0 aromatic heterocycles. The van der Waals surface area contributed by atoms with E-state index in [0.717, 1.165) is 44.6 Å². The van der Waals surface area contributed by atoms with E-state index in [1.807, 2.05) is 0 Å². The van der Waals surface area contributed by atoms with Gasteiger partial charge >= 0.3 is 0 Å². The van der Waals surface area contributed by atoms with Gasteiger partial charge < -0.3 is 9.05 Å². The highest BCUT2D eigenvalue weighted by Crippen LogP contribution is 2.62. The summed E-state index contributed by atoms with van der Waals surface area (Å²) in [6.45, 7) is 12.4. The molecule has 0 aliphatic carbocycles. The molecule has 18 heavy (non-hydrogen) atoms. The Labute approximate surface area is 123 Å². The van der Waals surface area contributed by atoms with Crippen LogP contribution in [0.1, 0.15) is 60.3 Å². The summed E-state index contributed by atoms with van der Waals surface area (Å²) in [5.74, 6) is 0.989. The first-order valence-electron chi connectivity index (χ1n) is 6.86. The highest BCUT2D eigenvalue weighted by molar-refractivity contribution is 8.67. The van der Waals surface area contributed by atoms with Crippen molar-refractivity contribution in [1.82, 2.24) is 0 Å². The Hall–Kier alpha value is 0.920. The van der Waals surface area contributed by atoms with Crippen molar-refractivity contribution in [2.24, 2.45) is 5.41 Å². The number of hydrogen-bond acceptors (Lipinski definition) is 4. The number of unbranched alkanes of at least 4 members (excludes halogenated alkanes) is 2. The van der Waals surface area contributed by atoms with Crippen molar-refractivity contribution < 1.29 is 9.05 Å². The Balaban J connectivity index is 4.25. The van der Waals surface area contributed by atoms with Gasteiger partial charge in [-0.3, -0.25) is 0 Å². The summed E-state index contributed by atoms with van der Waals surface area (Å²) >= 11 is 7.34. The normalized spacial score (nSPS) is 12.9. The largest absolute Gasteiger partial charge is 0.322 e. The molecule has 2 nitrogen and oxygen atoms in total. The van der Waals surface area contributed by atoms with E-state index in [1.54, 1.807) is 11.4 Å². The third kappa shape index (κ3) is 10.8. The smallest absolute Gasteiger partial charge is 0.247 e. The van der Waals surface area contributed by atoms with Crippen molar-refractivity contribution in [3.8, 4) is 0 Å². The summed E-state index contributed by atoms with van der Waals surface area (Å²) in [5.41, 5.74) is -1.86. The third-order valence-electron chi connectivity index (χ3n) is 2.15. The monoisotopic (exact) mass is 312 g/mol. The molecule has 0 saturated heterocycles. The lowest BCUT2D eigenvalue weighted by Gasteiger charge is -2.25. The summed E-state index contributed by atoms with van der Waals surface area (Å²) in [7, 11) is 0. The first-order chi connectivity index (χ1) is 8.33. The molecule has 0 heterocycles.